The smallest absolute Gasteiger partial charge is 0.494 e. The number of hydrogen-bond acceptors (Lipinski definition) is 6. The van der Waals surface area contributed by atoms with E-state index in [1.807, 2.05) is 48.5 Å². The van der Waals surface area contributed by atoms with E-state index in [-0.39, 0.29) is 36.6 Å². The normalized spacial score (nSPS) is 21.1. The van der Waals surface area contributed by atoms with Gasteiger partial charge in [-0.05, 0) is 116 Å². The van der Waals surface area contributed by atoms with Crippen molar-refractivity contribution in [3.8, 4) is 11.5 Å². The summed E-state index contributed by atoms with van der Waals surface area (Å²) in [4.78, 5) is 0. The summed E-state index contributed by atoms with van der Waals surface area (Å²) in [6.45, 7) is 17.9. The molecular weight excluding hydrogens is 478 g/mol. The molecular formula is C30H44B2O6. The van der Waals surface area contributed by atoms with Gasteiger partial charge in [0.25, 0.3) is 0 Å². The Morgan fingerprint density at radius 3 is 1.21 bits per heavy atom. The molecule has 0 bridgehead atoms. The Hall–Kier alpha value is -1.99. The van der Waals surface area contributed by atoms with Crippen LogP contribution in [0.2, 0.25) is 0 Å². The van der Waals surface area contributed by atoms with E-state index in [0.717, 1.165) is 48.1 Å². The average Bonchev–Trinajstić information content (AvgIpc) is 3.20. The molecule has 38 heavy (non-hydrogen) atoms. The molecule has 0 saturated carbocycles. The molecule has 0 radical (unpaired) electrons. The van der Waals surface area contributed by atoms with Crippen LogP contribution >= 0.6 is 0 Å². The van der Waals surface area contributed by atoms with Crippen LogP contribution in [0.15, 0.2) is 48.5 Å². The molecule has 206 valence electrons. The Morgan fingerprint density at radius 2 is 0.868 bits per heavy atom. The third-order valence-electron chi connectivity index (χ3n) is 8.34. The number of ether oxygens (including phenoxy) is 2. The van der Waals surface area contributed by atoms with Crippen molar-refractivity contribution in [3.63, 3.8) is 0 Å². The molecule has 2 aliphatic heterocycles. The van der Waals surface area contributed by atoms with E-state index in [4.69, 9.17) is 28.1 Å². The lowest BCUT2D eigenvalue weighted by atomic mass is 9.79. The summed E-state index contributed by atoms with van der Waals surface area (Å²) in [6, 6.07) is 16.1. The van der Waals surface area contributed by atoms with Crippen molar-refractivity contribution in [3.05, 3.63) is 48.5 Å². The van der Waals surface area contributed by atoms with E-state index in [1.54, 1.807) is 0 Å². The van der Waals surface area contributed by atoms with E-state index in [9.17, 15) is 0 Å². The minimum Gasteiger partial charge on any atom is -0.494 e. The lowest BCUT2D eigenvalue weighted by Crippen LogP contribution is -2.41. The minimum atomic E-state index is -0.374. The number of unbranched alkanes of at least 4 members (excludes halogenated alkanes) is 3. The van der Waals surface area contributed by atoms with Gasteiger partial charge >= 0.3 is 14.2 Å². The second kappa shape index (κ2) is 11.2. The van der Waals surface area contributed by atoms with Crippen LogP contribution in [0.1, 0.15) is 81.1 Å². The second-order valence-electron chi connectivity index (χ2n) is 12.4. The Kier molecular flexibility index (Phi) is 8.58. The molecule has 0 unspecified atom stereocenters. The molecule has 2 aromatic carbocycles. The Labute approximate surface area is 230 Å². The van der Waals surface area contributed by atoms with Gasteiger partial charge in [0.1, 0.15) is 11.5 Å². The van der Waals surface area contributed by atoms with Crippen molar-refractivity contribution in [2.75, 3.05) is 13.2 Å². The molecule has 0 aliphatic carbocycles. The first-order chi connectivity index (χ1) is 17.8. The van der Waals surface area contributed by atoms with Crippen LogP contribution in [0.25, 0.3) is 0 Å². The van der Waals surface area contributed by atoms with Gasteiger partial charge in [0.15, 0.2) is 0 Å². The standard InChI is InChI=1S/C30H44B2O6/c1-27(2)28(3,4)36-31(35-27)23-15-13-17-25(21-23)33-19-11-9-10-12-20-34-26-18-14-16-24(22-26)32-37-29(5,6)30(7,8)38-32/h13-18,21-22H,9-12,19-20H2,1-8H3. The highest BCUT2D eigenvalue weighted by atomic mass is 16.7. The first-order valence-corrected chi connectivity index (χ1v) is 14.0. The van der Waals surface area contributed by atoms with Gasteiger partial charge in [-0.1, -0.05) is 24.3 Å². The minimum absolute atomic E-state index is 0.353. The van der Waals surface area contributed by atoms with E-state index < -0.39 is 0 Å². The largest absolute Gasteiger partial charge is 0.494 e. The molecule has 0 N–H and O–H groups in total. The van der Waals surface area contributed by atoms with Gasteiger partial charge in [0.05, 0.1) is 35.6 Å². The van der Waals surface area contributed by atoms with Crippen LogP contribution < -0.4 is 20.4 Å². The summed E-state index contributed by atoms with van der Waals surface area (Å²) in [5.41, 5.74) is 0.562. The van der Waals surface area contributed by atoms with Crippen molar-refractivity contribution in [1.82, 2.24) is 0 Å². The zero-order valence-corrected chi connectivity index (χ0v) is 24.5. The summed E-state index contributed by atoms with van der Waals surface area (Å²) in [5, 5.41) is 0. The molecule has 0 atom stereocenters. The highest BCUT2D eigenvalue weighted by molar-refractivity contribution is 6.62. The van der Waals surface area contributed by atoms with E-state index in [1.165, 1.54) is 0 Å². The Morgan fingerprint density at radius 1 is 0.526 bits per heavy atom. The van der Waals surface area contributed by atoms with Crippen molar-refractivity contribution in [2.45, 2.75) is 103 Å². The highest BCUT2D eigenvalue weighted by Gasteiger charge is 2.52. The van der Waals surface area contributed by atoms with Gasteiger partial charge in [-0.25, -0.2) is 0 Å². The number of hydrogen-bond donors (Lipinski definition) is 0. The molecule has 2 fully saturated rings. The average molecular weight is 522 g/mol. The van der Waals surface area contributed by atoms with Crippen LogP contribution in [-0.2, 0) is 18.6 Å². The van der Waals surface area contributed by atoms with Gasteiger partial charge in [-0.2, -0.15) is 0 Å². The zero-order valence-electron chi connectivity index (χ0n) is 24.5. The molecule has 2 aromatic rings. The predicted octanol–water partition coefficient (Wildman–Crippen LogP) is 5.30. The predicted molar refractivity (Wildman–Crippen MR) is 154 cm³/mol. The molecule has 2 saturated heterocycles. The quantitative estimate of drug-likeness (QED) is 0.295. The number of rotatable bonds is 11. The number of benzene rings is 2. The Balaban J connectivity index is 1.13. The maximum absolute atomic E-state index is 6.16. The summed E-state index contributed by atoms with van der Waals surface area (Å²) >= 11 is 0. The second-order valence-corrected chi connectivity index (χ2v) is 12.4. The molecule has 8 heteroatoms. The molecule has 4 rings (SSSR count). The molecule has 0 spiro atoms. The van der Waals surface area contributed by atoms with Gasteiger partial charge in [0, 0.05) is 0 Å². The third-order valence-corrected chi connectivity index (χ3v) is 8.34. The fourth-order valence-electron chi connectivity index (χ4n) is 4.40. The van der Waals surface area contributed by atoms with Crippen molar-refractivity contribution >= 4 is 25.2 Å². The summed E-state index contributed by atoms with van der Waals surface area (Å²) < 4.78 is 36.7. The summed E-state index contributed by atoms with van der Waals surface area (Å²) in [5.74, 6) is 1.70. The van der Waals surface area contributed by atoms with Gasteiger partial charge in [-0.15, -0.1) is 0 Å². The maximum Gasteiger partial charge on any atom is 0.494 e. The zero-order chi connectivity index (χ0) is 27.6. The fraction of sp³-hybridized carbons (Fsp3) is 0.600. The van der Waals surface area contributed by atoms with Crippen LogP contribution in [0, 0.1) is 0 Å². The van der Waals surface area contributed by atoms with Gasteiger partial charge < -0.3 is 28.1 Å². The van der Waals surface area contributed by atoms with E-state index in [2.05, 4.69) is 55.4 Å². The Bertz CT molecular complexity index is 966. The molecule has 0 amide bonds. The van der Waals surface area contributed by atoms with Crippen molar-refractivity contribution in [1.29, 1.82) is 0 Å². The third kappa shape index (κ3) is 6.59. The summed E-state index contributed by atoms with van der Waals surface area (Å²) in [7, 11) is -0.748. The first-order valence-electron chi connectivity index (χ1n) is 14.0. The molecule has 2 aliphatic rings. The van der Waals surface area contributed by atoms with E-state index >= 15 is 0 Å². The van der Waals surface area contributed by atoms with Crippen LogP contribution in [0.5, 0.6) is 11.5 Å². The van der Waals surface area contributed by atoms with Crippen LogP contribution in [0.4, 0.5) is 0 Å². The lowest BCUT2D eigenvalue weighted by molar-refractivity contribution is 0.00578. The van der Waals surface area contributed by atoms with Crippen molar-refractivity contribution < 1.29 is 28.1 Å². The fourth-order valence-corrected chi connectivity index (χ4v) is 4.40. The lowest BCUT2D eigenvalue weighted by Gasteiger charge is -2.32. The summed E-state index contributed by atoms with van der Waals surface area (Å²) in [6.07, 6.45) is 4.18. The topological polar surface area (TPSA) is 55.4 Å². The van der Waals surface area contributed by atoms with E-state index in [0.29, 0.717) is 13.2 Å². The van der Waals surface area contributed by atoms with Gasteiger partial charge in [-0.3, -0.25) is 0 Å². The van der Waals surface area contributed by atoms with Crippen molar-refractivity contribution in [2.24, 2.45) is 0 Å². The SMILES string of the molecule is CC1(C)OB(c2cccc(OCCCCCCOc3cccc(B4OC(C)(C)C(C)(C)O4)c3)c2)OC1(C)C. The highest BCUT2D eigenvalue weighted by Crippen LogP contribution is 2.37. The van der Waals surface area contributed by atoms with Gasteiger partial charge in [0.2, 0.25) is 0 Å². The van der Waals surface area contributed by atoms with Crippen LogP contribution in [-0.4, -0.2) is 49.9 Å². The van der Waals surface area contributed by atoms with Crippen LogP contribution in [0.3, 0.4) is 0 Å². The monoisotopic (exact) mass is 522 g/mol. The molecule has 6 nitrogen and oxygen atoms in total. The first kappa shape index (κ1) is 29.0. The maximum atomic E-state index is 6.16. The molecule has 2 heterocycles. The molecule has 0 aromatic heterocycles.